The van der Waals surface area contributed by atoms with Gasteiger partial charge in [-0.05, 0) is 24.5 Å². The molecule has 0 spiro atoms. The Morgan fingerprint density at radius 2 is 1.91 bits per heavy atom. The first kappa shape index (κ1) is 25.6. The summed E-state index contributed by atoms with van der Waals surface area (Å²) >= 11 is 5.70. The SMILES string of the molecule is C=C/C=C\C=C\C1(O)CCN(C(=O)C(c2ccccc2)n2ccc(NNC)c(CO)c2=S)CC1. The lowest BCUT2D eigenvalue weighted by atomic mass is 9.90. The molecule has 1 atom stereocenters. The number of hydrogen-bond donors (Lipinski definition) is 4. The zero-order chi connectivity index (χ0) is 24.6. The molecule has 34 heavy (non-hydrogen) atoms. The Kier molecular flexibility index (Phi) is 8.95. The van der Waals surface area contributed by atoms with Crippen LogP contribution in [0.2, 0.25) is 0 Å². The molecule has 2 aromatic rings. The highest BCUT2D eigenvalue weighted by Crippen LogP contribution is 2.29. The number of nitrogens with one attached hydrogen (secondary N) is 2. The number of amides is 1. The molecule has 0 radical (unpaired) electrons. The Bertz CT molecular complexity index is 1100. The molecular formula is C26H32N4O3S. The molecule has 4 N–H and O–H groups in total. The molecule has 0 aliphatic carbocycles. The Labute approximate surface area is 205 Å². The number of anilines is 1. The van der Waals surface area contributed by atoms with Crippen molar-refractivity contribution in [1.29, 1.82) is 0 Å². The summed E-state index contributed by atoms with van der Waals surface area (Å²) in [6, 6.07) is 10.6. The Morgan fingerprint density at radius 3 is 2.53 bits per heavy atom. The molecule has 0 saturated carbocycles. The fourth-order valence-corrected chi connectivity index (χ4v) is 4.43. The van der Waals surface area contributed by atoms with Crippen LogP contribution in [0.15, 0.2) is 79.6 Å². The van der Waals surface area contributed by atoms with Crippen molar-refractivity contribution in [3.8, 4) is 0 Å². The van der Waals surface area contributed by atoms with Gasteiger partial charge < -0.3 is 25.1 Å². The third-order valence-electron chi connectivity index (χ3n) is 5.97. The van der Waals surface area contributed by atoms with Gasteiger partial charge in [0.2, 0.25) is 5.91 Å². The number of hydrogen-bond acceptors (Lipinski definition) is 6. The fourth-order valence-electron chi connectivity index (χ4n) is 4.09. The van der Waals surface area contributed by atoms with Crippen LogP contribution in [-0.2, 0) is 11.4 Å². The smallest absolute Gasteiger partial charge is 0.250 e. The van der Waals surface area contributed by atoms with Gasteiger partial charge >= 0.3 is 0 Å². The van der Waals surface area contributed by atoms with Gasteiger partial charge in [-0.3, -0.25) is 4.79 Å². The maximum absolute atomic E-state index is 13.8. The molecule has 180 valence electrons. The Hall–Kier alpha value is -3.04. The zero-order valence-electron chi connectivity index (χ0n) is 19.4. The van der Waals surface area contributed by atoms with E-state index in [1.807, 2.05) is 42.5 Å². The summed E-state index contributed by atoms with van der Waals surface area (Å²) in [7, 11) is 1.73. The van der Waals surface area contributed by atoms with Gasteiger partial charge in [0.05, 0.1) is 17.9 Å². The maximum Gasteiger partial charge on any atom is 0.250 e. The molecule has 8 heteroatoms. The van der Waals surface area contributed by atoms with E-state index in [0.717, 1.165) is 5.56 Å². The number of nitrogens with zero attached hydrogens (tertiary/aromatic N) is 2. The van der Waals surface area contributed by atoms with Gasteiger partial charge in [0, 0.05) is 31.9 Å². The number of carbonyl (C=O) groups excluding carboxylic acids is 1. The topological polar surface area (TPSA) is 89.8 Å². The number of piperidine rings is 1. The third-order valence-corrected chi connectivity index (χ3v) is 6.43. The van der Waals surface area contributed by atoms with Gasteiger partial charge in [0.1, 0.15) is 10.7 Å². The second-order valence-corrected chi connectivity index (χ2v) is 8.56. The van der Waals surface area contributed by atoms with E-state index in [1.54, 1.807) is 47.0 Å². The van der Waals surface area contributed by atoms with Gasteiger partial charge in [-0.25, -0.2) is 5.43 Å². The fraction of sp³-hybridized carbons (Fsp3) is 0.308. The number of hydrazine groups is 1. The number of likely N-dealkylation sites (tertiary alicyclic amines) is 1. The second-order valence-electron chi connectivity index (χ2n) is 8.18. The molecule has 7 nitrogen and oxygen atoms in total. The molecule has 1 fully saturated rings. The summed E-state index contributed by atoms with van der Waals surface area (Å²) in [5.41, 5.74) is 6.85. The summed E-state index contributed by atoms with van der Waals surface area (Å²) in [5.74, 6) is -0.0990. The summed E-state index contributed by atoms with van der Waals surface area (Å²) in [5, 5.41) is 20.9. The van der Waals surface area contributed by atoms with E-state index in [2.05, 4.69) is 17.4 Å². The van der Waals surface area contributed by atoms with E-state index in [0.29, 0.717) is 41.8 Å². The number of allylic oxidation sites excluding steroid dienone is 4. The number of rotatable bonds is 9. The summed E-state index contributed by atoms with van der Waals surface area (Å²) < 4.78 is 2.12. The quantitative estimate of drug-likeness (QED) is 0.250. The lowest BCUT2D eigenvalue weighted by molar-refractivity contribution is -0.136. The standard InChI is InChI=1S/C26H32N4O3S/c1-3-4-5-9-13-26(33)14-17-29(18-15-26)24(32)23(20-10-7-6-8-11-20)30-16-12-22(28-27-2)21(19-31)25(30)34/h3-13,16,23,27-28,31,33H,1,14-15,17-19H2,2H3/b5-4-,13-9+. The first-order valence-electron chi connectivity index (χ1n) is 11.2. The van der Waals surface area contributed by atoms with Gasteiger partial charge in [-0.2, -0.15) is 0 Å². The van der Waals surface area contributed by atoms with E-state index in [4.69, 9.17) is 12.2 Å². The minimum atomic E-state index is -0.953. The number of pyridine rings is 1. The van der Waals surface area contributed by atoms with E-state index in [9.17, 15) is 15.0 Å². The average Bonchev–Trinajstić information content (AvgIpc) is 2.85. The summed E-state index contributed by atoms with van der Waals surface area (Å²) in [6.07, 6.45) is 11.5. The lowest BCUT2D eigenvalue weighted by Crippen LogP contribution is -2.48. The minimum Gasteiger partial charge on any atom is -0.391 e. The molecule has 0 bridgehead atoms. The van der Waals surface area contributed by atoms with Gasteiger partial charge in [-0.1, -0.05) is 79.5 Å². The largest absolute Gasteiger partial charge is 0.391 e. The van der Waals surface area contributed by atoms with Crippen LogP contribution >= 0.6 is 12.2 Å². The molecule has 1 amide bonds. The third kappa shape index (κ3) is 5.90. The van der Waals surface area contributed by atoms with Crippen molar-refractivity contribution < 1.29 is 15.0 Å². The van der Waals surface area contributed by atoms with Crippen molar-refractivity contribution in [3.05, 3.63) is 95.3 Å². The van der Waals surface area contributed by atoms with Crippen molar-refractivity contribution >= 4 is 23.8 Å². The molecule has 1 aliphatic rings. The van der Waals surface area contributed by atoms with Crippen LogP contribution in [0.4, 0.5) is 5.69 Å². The van der Waals surface area contributed by atoms with E-state index in [-0.39, 0.29) is 12.5 Å². The minimum absolute atomic E-state index is 0.0990. The van der Waals surface area contributed by atoms with Gasteiger partial charge in [0.15, 0.2) is 0 Å². The van der Waals surface area contributed by atoms with Gasteiger partial charge in [-0.15, -0.1) is 0 Å². The lowest BCUT2D eigenvalue weighted by Gasteiger charge is -2.38. The molecule has 1 aromatic heterocycles. The van der Waals surface area contributed by atoms with Crippen LogP contribution in [0.25, 0.3) is 0 Å². The second kappa shape index (κ2) is 11.9. The molecule has 2 heterocycles. The van der Waals surface area contributed by atoms with Crippen molar-refractivity contribution in [1.82, 2.24) is 14.9 Å². The number of aromatic nitrogens is 1. The van der Waals surface area contributed by atoms with Crippen LogP contribution in [0, 0.1) is 4.64 Å². The van der Waals surface area contributed by atoms with E-state index < -0.39 is 11.6 Å². The number of benzene rings is 1. The average molecular weight is 481 g/mol. The van der Waals surface area contributed by atoms with E-state index in [1.165, 1.54) is 0 Å². The molecule has 1 aliphatic heterocycles. The van der Waals surface area contributed by atoms with E-state index >= 15 is 0 Å². The van der Waals surface area contributed by atoms with Crippen molar-refractivity contribution in [2.75, 3.05) is 25.6 Å². The highest BCUT2D eigenvalue weighted by atomic mass is 32.1. The molecule has 1 aromatic carbocycles. The highest BCUT2D eigenvalue weighted by molar-refractivity contribution is 7.71. The number of aliphatic hydroxyl groups is 2. The van der Waals surface area contributed by atoms with Crippen molar-refractivity contribution in [3.63, 3.8) is 0 Å². The highest BCUT2D eigenvalue weighted by Gasteiger charge is 2.35. The zero-order valence-corrected chi connectivity index (χ0v) is 20.2. The predicted molar refractivity (Wildman–Crippen MR) is 138 cm³/mol. The van der Waals surface area contributed by atoms with Crippen LogP contribution in [-0.4, -0.2) is 51.3 Å². The van der Waals surface area contributed by atoms with Crippen LogP contribution in [0.3, 0.4) is 0 Å². The van der Waals surface area contributed by atoms with Crippen LogP contribution in [0.5, 0.6) is 0 Å². The summed E-state index contributed by atoms with van der Waals surface area (Å²) in [4.78, 5) is 15.6. The first-order chi connectivity index (χ1) is 16.4. The molecule has 1 saturated heterocycles. The monoisotopic (exact) mass is 480 g/mol. The first-order valence-corrected chi connectivity index (χ1v) is 11.7. The Morgan fingerprint density at radius 1 is 1.21 bits per heavy atom. The molecule has 1 unspecified atom stereocenters. The normalized spacial score (nSPS) is 16.6. The Balaban J connectivity index is 1.91. The predicted octanol–water partition coefficient (Wildman–Crippen LogP) is 3.50. The van der Waals surface area contributed by atoms with Crippen LogP contribution < -0.4 is 10.9 Å². The maximum atomic E-state index is 13.8. The summed E-state index contributed by atoms with van der Waals surface area (Å²) in [6.45, 7) is 4.22. The van der Waals surface area contributed by atoms with Crippen LogP contribution in [0.1, 0.15) is 30.0 Å². The number of carbonyl (C=O) groups is 1. The molecular weight excluding hydrogens is 448 g/mol. The molecule has 3 rings (SSSR count). The van der Waals surface area contributed by atoms with Crippen molar-refractivity contribution in [2.45, 2.75) is 31.1 Å². The van der Waals surface area contributed by atoms with Gasteiger partial charge in [0.25, 0.3) is 0 Å². The number of aliphatic hydroxyl groups excluding tert-OH is 1. The van der Waals surface area contributed by atoms with Crippen molar-refractivity contribution in [2.24, 2.45) is 0 Å².